The first-order valence-corrected chi connectivity index (χ1v) is 5.54. The van der Waals surface area contributed by atoms with Crippen molar-refractivity contribution >= 4 is 11.9 Å². The van der Waals surface area contributed by atoms with Crippen LogP contribution in [0.3, 0.4) is 0 Å². The van der Waals surface area contributed by atoms with Crippen LogP contribution in [0.15, 0.2) is 24.0 Å². The Hall–Kier alpha value is -1.82. The quantitative estimate of drug-likeness (QED) is 0.436. The minimum Gasteiger partial charge on any atom is -0.502 e. The number of hydrogen-bond donors (Lipinski definition) is 2. The van der Waals surface area contributed by atoms with Gasteiger partial charge >= 0.3 is 11.9 Å². The molecule has 0 spiro atoms. The van der Waals surface area contributed by atoms with Gasteiger partial charge in [0.05, 0.1) is 6.10 Å². The average Bonchev–Trinajstić information content (AvgIpc) is 2.80. The fourth-order valence-electron chi connectivity index (χ4n) is 1.59. The van der Waals surface area contributed by atoms with Crippen molar-refractivity contribution in [3.8, 4) is 0 Å². The highest BCUT2D eigenvalue weighted by Crippen LogP contribution is 2.20. The highest BCUT2D eigenvalue weighted by atomic mass is 16.6. The average molecular weight is 256 g/mol. The molecule has 2 unspecified atom stereocenters. The fourth-order valence-corrected chi connectivity index (χ4v) is 1.59. The first kappa shape index (κ1) is 14.2. The normalized spacial score (nSPS) is 21.4. The second kappa shape index (κ2) is 6.20. The molecule has 0 aromatic heterocycles. The summed E-state index contributed by atoms with van der Waals surface area (Å²) in [4.78, 5) is 22.0. The van der Waals surface area contributed by atoms with Gasteiger partial charge in [0, 0.05) is 12.2 Å². The molecule has 1 aliphatic rings. The Bertz CT molecular complexity index is 378. The highest BCUT2D eigenvalue weighted by Gasteiger charge is 2.29. The van der Waals surface area contributed by atoms with Gasteiger partial charge in [-0.05, 0) is 32.4 Å². The first-order chi connectivity index (χ1) is 8.41. The summed E-state index contributed by atoms with van der Waals surface area (Å²) in [6.45, 7) is 4.99. The number of rotatable bonds is 5. The molecule has 0 bridgehead atoms. The van der Waals surface area contributed by atoms with Gasteiger partial charge in [-0.2, -0.15) is 0 Å². The van der Waals surface area contributed by atoms with Gasteiger partial charge in [0.2, 0.25) is 0 Å². The topological polar surface area (TPSA) is 93.1 Å². The van der Waals surface area contributed by atoms with Crippen molar-refractivity contribution < 1.29 is 29.3 Å². The van der Waals surface area contributed by atoms with E-state index >= 15 is 0 Å². The van der Waals surface area contributed by atoms with Gasteiger partial charge in [-0.25, -0.2) is 9.59 Å². The van der Waals surface area contributed by atoms with Crippen LogP contribution in [-0.4, -0.2) is 41.0 Å². The molecular weight excluding hydrogens is 240 g/mol. The molecule has 6 heteroatoms. The van der Waals surface area contributed by atoms with Gasteiger partial charge in [0.25, 0.3) is 0 Å². The predicted octanol–water partition coefficient (Wildman–Crippen LogP) is 1.18. The Morgan fingerprint density at radius 3 is 2.61 bits per heavy atom. The lowest BCUT2D eigenvalue weighted by Gasteiger charge is -2.20. The Morgan fingerprint density at radius 1 is 1.50 bits per heavy atom. The van der Waals surface area contributed by atoms with Gasteiger partial charge in [-0.1, -0.05) is 0 Å². The van der Waals surface area contributed by atoms with E-state index < -0.39 is 23.8 Å². The second-order valence-corrected chi connectivity index (χ2v) is 4.02. The minimum absolute atomic E-state index is 0.0480. The van der Waals surface area contributed by atoms with Crippen LogP contribution in [0.2, 0.25) is 0 Å². The molecule has 0 aromatic carbocycles. The summed E-state index contributed by atoms with van der Waals surface area (Å²) in [7, 11) is 0. The lowest BCUT2D eigenvalue weighted by atomic mass is 10.1. The Balaban J connectivity index is 2.81. The molecule has 2 N–H and O–H groups in total. The van der Waals surface area contributed by atoms with Crippen LogP contribution in [0.5, 0.6) is 0 Å². The zero-order valence-electron chi connectivity index (χ0n) is 10.1. The molecule has 0 aliphatic carbocycles. The predicted molar refractivity (Wildman–Crippen MR) is 62.0 cm³/mol. The first-order valence-electron chi connectivity index (χ1n) is 5.54. The molecule has 1 heterocycles. The summed E-state index contributed by atoms with van der Waals surface area (Å²) < 4.78 is 10.3. The SMILES string of the molecule is C=C(O)C(=O)OC(C=C(C)C(=O)O)C1CCCO1. The van der Waals surface area contributed by atoms with E-state index in [0.29, 0.717) is 13.0 Å². The van der Waals surface area contributed by atoms with E-state index in [1.807, 2.05) is 0 Å². The van der Waals surface area contributed by atoms with Crippen LogP contribution in [0, 0.1) is 0 Å². The standard InChI is InChI=1S/C12H16O6/c1-7(11(14)15)6-10(9-4-3-5-17-9)18-12(16)8(2)13/h6,9-10,13H,2-5H2,1H3,(H,14,15). The molecule has 1 saturated heterocycles. The van der Waals surface area contributed by atoms with E-state index in [0.717, 1.165) is 6.42 Å². The van der Waals surface area contributed by atoms with Crippen molar-refractivity contribution in [2.45, 2.75) is 32.0 Å². The van der Waals surface area contributed by atoms with Crippen LogP contribution in [-0.2, 0) is 19.1 Å². The third-order valence-electron chi connectivity index (χ3n) is 2.56. The lowest BCUT2D eigenvalue weighted by Crippen LogP contribution is -2.30. The maximum Gasteiger partial charge on any atom is 0.373 e. The molecule has 1 fully saturated rings. The zero-order valence-corrected chi connectivity index (χ0v) is 10.1. The van der Waals surface area contributed by atoms with E-state index in [4.69, 9.17) is 19.7 Å². The Morgan fingerprint density at radius 2 is 2.17 bits per heavy atom. The summed E-state index contributed by atoms with van der Waals surface area (Å²) in [6.07, 6.45) is 1.57. The Kier molecular flexibility index (Phi) is 4.91. The number of aliphatic hydroxyl groups excluding tert-OH is 1. The van der Waals surface area contributed by atoms with E-state index in [9.17, 15) is 9.59 Å². The van der Waals surface area contributed by atoms with E-state index in [1.54, 1.807) is 0 Å². The molecule has 18 heavy (non-hydrogen) atoms. The molecule has 100 valence electrons. The van der Waals surface area contributed by atoms with E-state index in [1.165, 1.54) is 13.0 Å². The van der Waals surface area contributed by atoms with Crippen molar-refractivity contribution in [2.24, 2.45) is 0 Å². The van der Waals surface area contributed by atoms with Gasteiger partial charge in [-0.3, -0.25) is 0 Å². The number of aliphatic carboxylic acids is 1. The van der Waals surface area contributed by atoms with Crippen molar-refractivity contribution in [1.29, 1.82) is 0 Å². The van der Waals surface area contributed by atoms with E-state index in [-0.39, 0.29) is 11.7 Å². The number of carbonyl (C=O) groups is 2. The van der Waals surface area contributed by atoms with Gasteiger partial charge in [-0.15, -0.1) is 0 Å². The summed E-state index contributed by atoms with van der Waals surface area (Å²) in [6, 6.07) is 0. The van der Waals surface area contributed by atoms with E-state index in [2.05, 4.69) is 6.58 Å². The number of ether oxygens (including phenoxy) is 2. The molecule has 1 rings (SSSR count). The molecular formula is C12H16O6. The number of carboxylic acids is 1. The third kappa shape index (κ3) is 3.89. The summed E-state index contributed by atoms with van der Waals surface area (Å²) >= 11 is 0. The van der Waals surface area contributed by atoms with Crippen molar-refractivity contribution in [3.63, 3.8) is 0 Å². The largest absolute Gasteiger partial charge is 0.502 e. The summed E-state index contributed by atoms with van der Waals surface area (Å²) in [5.41, 5.74) is 0.0480. The van der Waals surface area contributed by atoms with Crippen molar-refractivity contribution in [3.05, 3.63) is 24.0 Å². The maximum absolute atomic E-state index is 11.3. The fraction of sp³-hybridized carbons (Fsp3) is 0.500. The molecule has 0 amide bonds. The molecule has 1 aliphatic heterocycles. The smallest absolute Gasteiger partial charge is 0.373 e. The third-order valence-corrected chi connectivity index (χ3v) is 2.56. The van der Waals surface area contributed by atoms with Crippen LogP contribution < -0.4 is 0 Å². The molecule has 0 aromatic rings. The second-order valence-electron chi connectivity index (χ2n) is 4.02. The number of esters is 1. The zero-order chi connectivity index (χ0) is 13.7. The maximum atomic E-state index is 11.3. The Labute approximate surface area is 105 Å². The minimum atomic E-state index is -1.10. The summed E-state index contributed by atoms with van der Waals surface area (Å²) in [5.74, 6) is -2.80. The van der Waals surface area contributed by atoms with Crippen LogP contribution in [0.4, 0.5) is 0 Å². The molecule has 2 atom stereocenters. The summed E-state index contributed by atoms with van der Waals surface area (Å²) in [5, 5.41) is 17.7. The van der Waals surface area contributed by atoms with Gasteiger partial charge < -0.3 is 19.7 Å². The lowest BCUT2D eigenvalue weighted by molar-refractivity contribution is -0.150. The monoisotopic (exact) mass is 256 g/mol. The van der Waals surface area contributed by atoms with Crippen LogP contribution in [0.25, 0.3) is 0 Å². The number of aliphatic hydroxyl groups is 1. The van der Waals surface area contributed by atoms with Crippen LogP contribution in [0.1, 0.15) is 19.8 Å². The molecule has 6 nitrogen and oxygen atoms in total. The van der Waals surface area contributed by atoms with Gasteiger partial charge in [0.15, 0.2) is 5.76 Å². The molecule has 0 saturated carbocycles. The number of carboxylic acid groups (broad SMARTS) is 1. The number of hydrogen-bond acceptors (Lipinski definition) is 5. The number of carbonyl (C=O) groups excluding carboxylic acids is 1. The van der Waals surface area contributed by atoms with Crippen LogP contribution >= 0.6 is 0 Å². The van der Waals surface area contributed by atoms with Crippen molar-refractivity contribution in [1.82, 2.24) is 0 Å². The highest BCUT2D eigenvalue weighted by molar-refractivity contribution is 5.87. The van der Waals surface area contributed by atoms with Crippen molar-refractivity contribution in [2.75, 3.05) is 6.61 Å². The molecule has 0 radical (unpaired) electrons. The van der Waals surface area contributed by atoms with Gasteiger partial charge in [0.1, 0.15) is 6.10 Å².